The zero-order chi connectivity index (χ0) is 9.68. The van der Waals surface area contributed by atoms with E-state index in [0.717, 1.165) is 26.1 Å². The highest BCUT2D eigenvalue weighted by Crippen LogP contribution is 2.14. The molecular formula is C9H17NO3. The summed E-state index contributed by atoms with van der Waals surface area (Å²) in [4.78, 5) is 13.0. The lowest BCUT2D eigenvalue weighted by Crippen LogP contribution is -2.48. The van der Waals surface area contributed by atoms with Crippen molar-refractivity contribution < 1.29 is 14.6 Å². The number of carbonyl (C=O) groups excluding carboxylic acids is 1. The van der Waals surface area contributed by atoms with Crippen molar-refractivity contribution in [3.63, 3.8) is 0 Å². The van der Waals surface area contributed by atoms with E-state index in [1.54, 1.807) is 0 Å². The van der Waals surface area contributed by atoms with Gasteiger partial charge in [-0.2, -0.15) is 0 Å². The number of hydrogen-bond donors (Lipinski definition) is 1. The van der Waals surface area contributed by atoms with Gasteiger partial charge in [0, 0.05) is 32.0 Å². The van der Waals surface area contributed by atoms with Gasteiger partial charge in [0.2, 0.25) is 0 Å². The average Bonchev–Trinajstić information content (AvgIpc) is 2.08. The first-order valence-corrected chi connectivity index (χ1v) is 4.66. The van der Waals surface area contributed by atoms with Gasteiger partial charge >= 0.3 is 5.97 Å². The Morgan fingerprint density at radius 1 is 1.62 bits per heavy atom. The van der Waals surface area contributed by atoms with Crippen LogP contribution >= 0.6 is 0 Å². The zero-order valence-electron chi connectivity index (χ0n) is 8.03. The van der Waals surface area contributed by atoms with Gasteiger partial charge < -0.3 is 14.7 Å². The Balaban J connectivity index is 1.93. The van der Waals surface area contributed by atoms with Crippen molar-refractivity contribution >= 4 is 5.97 Å². The molecule has 1 saturated heterocycles. The summed E-state index contributed by atoms with van der Waals surface area (Å²) in [5.41, 5.74) is 0. The molecule has 1 fully saturated rings. The summed E-state index contributed by atoms with van der Waals surface area (Å²) in [5.74, 6) is 0.317. The maximum atomic E-state index is 10.7. The Morgan fingerprint density at radius 2 is 2.31 bits per heavy atom. The number of rotatable bonds is 5. The van der Waals surface area contributed by atoms with Crippen LogP contribution in [0.15, 0.2) is 0 Å². The molecule has 0 atom stereocenters. The minimum absolute atomic E-state index is 0.140. The Kier molecular flexibility index (Phi) is 4.18. The number of likely N-dealkylation sites (tertiary alicyclic amines) is 1. The van der Waals surface area contributed by atoms with Gasteiger partial charge in [0.15, 0.2) is 0 Å². The molecule has 13 heavy (non-hydrogen) atoms. The number of carbonyl (C=O) groups is 1. The van der Waals surface area contributed by atoms with Gasteiger partial charge in [-0.15, -0.1) is 0 Å². The third kappa shape index (κ3) is 3.32. The lowest BCUT2D eigenvalue weighted by molar-refractivity contribution is -0.140. The Labute approximate surface area is 78.5 Å². The Bertz CT molecular complexity index is 166. The number of esters is 1. The normalized spacial score (nSPS) is 18.3. The molecule has 0 aliphatic carbocycles. The Hall–Kier alpha value is -0.610. The molecule has 1 rings (SSSR count). The number of ether oxygens (including phenoxy) is 1. The lowest BCUT2D eigenvalue weighted by Gasteiger charge is -2.38. The fraction of sp³-hybridized carbons (Fsp3) is 0.889. The van der Waals surface area contributed by atoms with E-state index in [-0.39, 0.29) is 12.6 Å². The average molecular weight is 187 g/mol. The van der Waals surface area contributed by atoms with Crippen LogP contribution in [0.2, 0.25) is 0 Å². The summed E-state index contributed by atoms with van der Waals surface area (Å²) in [6.07, 6.45) is 1.35. The summed E-state index contributed by atoms with van der Waals surface area (Å²) >= 11 is 0. The number of aliphatic hydroxyl groups excluding tert-OH is 1. The number of hydrogen-bond acceptors (Lipinski definition) is 4. The first kappa shape index (κ1) is 10.5. The van der Waals surface area contributed by atoms with Crippen molar-refractivity contribution in [1.82, 2.24) is 4.90 Å². The second-order valence-corrected chi connectivity index (χ2v) is 3.49. The third-order valence-electron chi connectivity index (χ3n) is 2.37. The molecule has 0 bridgehead atoms. The van der Waals surface area contributed by atoms with Crippen LogP contribution in [0.5, 0.6) is 0 Å². The number of nitrogens with zero attached hydrogens (tertiary/aromatic N) is 1. The molecule has 0 radical (unpaired) electrons. The minimum atomic E-state index is -0.140. The monoisotopic (exact) mass is 187 g/mol. The van der Waals surface area contributed by atoms with Crippen molar-refractivity contribution in [2.24, 2.45) is 5.92 Å². The number of aliphatic hydroxyl groups is 1. The van der Waals surface area contributed by atoms with Crippen molar-refractivity contribution in [3.05, 3.63) is 0 Å². The smallest absolute Gasteiger partial charge is 0.305 e. The highest BCUT2D eigenvalue weighted by Gasteiger charge is 2.24. The molecule has 0 amide bonds. The number of methoxy groups -OCH3 is 1. The summed E-state index contributed by atoms with van der Waals surface area (Å²) in [6, 6.07) is 0. The topological polar surface area (TPSA) is 49.8 Å². The fourth-order valence-electron chi connectivity index (χ4n) is 1.52. The zero-order valence-corrected chi connectivity index (χ0v) is 8.03. The van der Waals surface area contributed by atoms with Crippen molar-refractivity contribution in [1.29, 1.82) is 0 Å². The quantitative estimate of drug-likeness (QED) is 0.609. The van der Waals surface area contributed by atoms with Crippen LogP contribution < -0.4 is 0 Å². The lowest BCUT2D eigenvalue weighted by atomic mass is 10.0. The second kappa shape index (κ2) is 5.19. The molecule has 76 valence electrons. The molecule has 4 nitrogen and oxygen atoms in total. The van der Waals surface area contributed by atoms with Gasteiger partial charge in [-0.05, 0) is 13.0 Å². The second-order valence-electron chi connectivity index (χ2n) is 3.49. The first-order valence-electron chi connectivity index (χ1n) is 4.66. The maximum Gasteiger partial charge on any atom is 0.305 e. The van der Waals surface area contributed by atoms with E-state index in [0.29, 0.717) is 12.3 Å². The van der Waals surface area contributed by atoms with E-state index in [9.17, 15) is 4.79 Å². The van der Waals surface area contributed by atoms with E-state index in [4.69, 9.17) is 5.11 Å². The maximum absolute atomic E-state index is 10.7. The molecule has 0 aromatic carbocycles. The van der Waals surface area contributed by atoms with Crippen molar-refractivity contribution in [2.45, 2.75) is 12.8 Å². The van der Waals surface area contributed by atoms with Gasteiger partial charge in [0.1, 0.15) is 0 Å². The van der Waals surface area contributed by atoms with Gasteiger partial charge in [0.25, 0.3) is 0 Å². The standard InChI is InChI=1S/C9H17NO3/c1-13-9(12)3-2-4-10-5-8(6-10)7-11/h8,11H,2-7H2,1H3. The molecular weight excluding hydrogens is 170 g/mol. The van der Waals surface area contributed by atoms with Crippen LogP contribution in [-0.4, -0.2) is 49.3 Å². The predicted molar refractivity (Wildman–Crippen MR) is 48.3 cm³/mol. The molecule has 1 aliphatic heterocycles. The molecule has 1 aliphatic rings. The fourth-order valence-corrected chi connectivity index (χ4v) is 1.52. The van der Waals surface area contributed by atoms with Crippen LogP contribution in [0.4, 0.5) is 0 Å². The van der Waals surface area contributed by atoms with Gasteiger partial charge in [0.05, 0.1) is 7.11 Å². The van der Waals surface area contributed by atoms with E-state index < -0.39 is 0 Å². The molecule has 4 heteroatoms. The van der Waals surface area contributed by atoms with E-state index in [2.05, 4.69) is 9.64 Å². The van der Waals surface area contributed by atoms with Crippen LogP contribution in [0, 0.1) is 5.92 Å². The molecule has 0 spiro atoms. The molecule has 0 aromatic rings. The minimum Gasteiger partial charge on any atom is -0.469 e. The highest BCUT2D eigenvalue weighted by atomic mass is 16.5. The van der Waals surface area contributed by atoms with E-state index >= 15 is 0 Å². The highest BCUT2D eigenvalue weighted by molar-refractivity contribution is 5.69. The van der Waals surface area contributed by atoms with Gasteiger partial charge in [-0.25, -0.2) is 0 Å². The third-order valence-corrected chi connectivity index (χ3v) is 2.37. The summed E-state index contributed by atoms with van der Waals surface area (Å²) in [5, 5.41) is 8.75. The molecule has 0 unspecified atom stereocenters. The largest absolute Gasteiger partial charge is 0.469 e. The van der Waals surface area contributed by atoms with Crippen LogP contribution in [0.3, 0.4) is 0 Å². The van der Waals surface area contributed by atoms with Crippen molar-refractivity contribution in [2.75, 3.05) is 33.4 Å². The Morgan fingerprint density at radius 3 is 2.85 bits per heavy atom. The molecule has 1 N–H and O–H groups in total. The molecule has 1 heterocycles. The molecule has 0 aromatic heterocycles. The molecule has 0 saturated carbocycles. The van der Waals surface area contributed by atoms with Gasteiger partial charge in [-0.1, -0.05) is 0 Å². The van der Waals surface area contributed by atoms with Crippen molar-refractivity contribution in [3.8, 4) is 0 Å². The van der Waals surface area contributed by atoms with Gasteiger partial charge in [-0.3, -0.25) is 4.79 Å². The predicted octanol–water partition coefficient (Wildman–Crippen LogP) is -0.136. The van der Waals surface area contributed by atoms with E-state index in [1.807, 2.05) is 0 Å². The summed E-state index contributed by atoms with van der Waals surface area (Å²) in [7, 11) is 1.41. The van der Waals surface area contributed by atoms with Crippen LogP contribution in [0.25, 0.3) is 0 Å². The first-order chi connectivity index (χ1) is 6.26. The van der Waals surface area contributed by atoms with Crippen LogP contribution in [-0.2, 0) is 9.53 Å². The SMILES string of the molecule is COC(=O)CCCN1CC(CO)C1. The summed E-state index contributed by atoms with van der Waals surface area (Å²) < 4.78 is 4.53. The van der Waals surface area contributed by atoms with E-state index in [1.165, 1.54) is 7.11 Å². The van der Waals surface area contributed by atoms with Crippen LogP contribution in [0.1, 0.15) is 12.8 Å². The summed E-state index contributed by atoms with van der Waals surface area (Å²) in [6.45, 7) is 3.16.